The predicted octanol–water partition coefficient (Wildman–Crippen LogP) is 2.93. The molecule has 0 spiro atoms. The Morgan fingerprint density at radius 2 is 1.97 bits per heavy atom. The molecule has 8 nitrogen and oxygen atoms in total. The van der Waals surface area contributed by atoms with E-state index in [0.29, 0.717) is 48.5 Å². The van der Waals surface area contributed by atoms with Crippen LogP contribution in [0.1, 0.15) is 29.8 Å². The summed E-state index contributed by atoms with van der Waals surface area (Å²) in [7, 11) is 1.72. The summed E-state index contributed by atoms with van der Waals surface area (Å²) in [5, 5.41) is 2.90. The van der Waals surface area contributed by atoms with Crippen molar-refractivity contribution >= 4 is 29.1 Å². The van der Waals surface area contributed by atoms with Gasteiger partial charge in [-0.2, -0.15) is 0 Å². The van der Waals surface area contributed by atoms with Crippen LogP contribution in [0.15, 0.2) is 41.4 Å². The zero-order valence-electron chi connectivity index (χ0n) is 18.0. The van der Waals surface area contributed by atoms with E-state index in [0.717, 1.165) is 17.8 Å². The summed E-state index contributed by atoms with van der Waals surface area (Å²) < 4.78 is 11.4. The zero-order valence-corrected chi connectivity index (χ0v) is 18.0. The first-order valence-electron chi connectivity index (χ1n) is 10.4. The third-order valence-electron chi connectivity index (χ3n) is 5.22. The van der Waals surface area contributed by atoms with Gasteiger partial charge < -0.3 is 19.7 Å². The number of amides is 2. The molecule has 2 aliphatic rings. The number of rotatable bonds is 7. The van der Waals surface area contributed by atoms with Crippen LogP contribution < -0.4 is 19.7 Å². The van der Waals surface area contributed by atoms with Crippen LogP contribution in [0.3, 0.4) is 0 Å². The number of carbonyl (C=O) groups is 2. The highest BCUT2D eigenvalue weighted by Crippen LogP contribution is 2.33. The van der Waals surface area contributed by atoms with Crippen molar-refractivity contribution in [2.45, 2.75) is 20.3 Å². The smallest absolute Gasteiger partial charge is 0.262 e. The Morgan fingerprint density at radius 3 is 2.74 bits per heavy atom. The molecule has 162 valence electrons. The molecule has 0 atom stereocenters. The zero-order chi connectivity index (χ0) is 22.0. The Bertz CT molecular complexity index is 1050. The van der Waals surface area contributed by atoms with E-state index in [1.807, 2.05) is 49.1 Å². The SMILES string of the molecule is CCOc1cccc(CC(=O)Nc2ccc3c(c2)C(=O)N(C)C2=NCCN23)c1OCC. The molecule has 0 saturated carbocycles. The lowest BCUT2D eigenvalue weighted by Crippen LogP contribution is -2.48. The maximum Gasteiger partial charge on any atom is 0.262 e. The number of aliphatic imine (C=N–C) groups is 1. The number of benzene rings is 2. The number of carbonyl (C=O) groups excluding carboxylic acids is 2. The molecule has 2 amide bonds. The Hall–Kier alpha value is -3.55. The Morgan fingerprint density at radius 1 is 1.16 bits per heavy atom. The van der Waals surface area contributed by atoms with Crippen molar-refractivity contribution in [2.75, 3.05) is 43.6 Å². The number of hydrogen-bond donors (Lipinski definition) is 1. The molecule has 8 heteroatoms. The van der Waals surface area contributed by atoms with Gasteiger partial charge in [-0.3, -0.25) is 19.5 Å². The molecule has 0 bridgehead atoms. The van der Waals surface area contributed by atoms with Gasteiger partial charge in [-0.1, -0.05) is 12.1 Å². The molecule has 0 unspecified atom stereocenters. The van der Waals surface area contributed by atoms with Crippen LogP contribution in [-0.2, 0) is 11.2 Å². The lowest BCUT2D eigenvalue weighted by Gasteiger charge is -2.33. The minimum atomic E-state index is -0.199. The highest BCUT2D eigenvalue weighted by Gasteiger charge is 2.35. The van der Waals surface area contributed by atoms with Crippen molar-refractivity contribution in [1.29, 1.82) is 0 Å². The Labute approximate surface area is 181 Å². The molecular formula is C23H26N4O4. The minimum absolute atomic E-state index is 0.129. The molecule has 0 fully saturated rings. The number of hydrogen-bond acceptors (Lipinski definition) is 6. The molecule has 2 aromatic carbocycles. The van der Waals surface area contributed by atoms with Crippen molar-refractivity contribution in [3.63, 3.8) is 0 Å². The van der Waals surface area contributed by atoms with E-state index >= 15 is 0 Å². The minimum Gasteiger partial charge on any atom is -0.490 e. The van der Waals surface area contributed by atoms with Crippen LogP contribution in [0, 0.1) is 0 Å². The number of fused-ring (bicyclic) bond motifs is 3. The number of ether oxygens (including phenoxy) is 2. The monoisotopic (exact) mass is 422 g/mol. The molecule has 2 aromatic rings. The van der Waals surface area contributed by atoms with E-state index < -0.39 is 0 Å². The number of guanidine groups is 1. The quantitative estimate of drug-likeness (QED) is 0.742. The molecule has 31 heavy (non-hydrogen) atoms. The van der Waals surface area contributed by atoms with E-state index in [2.05, 4.69) is 10.3 Å². The molecule has 1 N–H and O–H groups in total. The maximum absolute atomic E-state index is 12.8. The third-order valence-corrected chi connectivity index (χ3v) is 5.22. The highest BCUT2D eigenvalue weighted by atomic mass is 16.5. The number of nitrogens with zero attached hydrogens (tertiary/aromatic N) is 3. The molecule has 2 heterocycles. The molecule has 0 aromatic heterocycles. The predicted molar refractivity (Wildman–Crippen MR) is 119 cm³/mol. The average molecular weight is 422 g/mol. The highest BCUT2D eigenvalue weighted by molar-refractivity contribution is 6.19. The first-order valence-corrected chi connectivity index (χ1v) is 10.4. The third kappa shape index (κ3) is 3.93. The number of para-hydroxylation sites is 1. The molecule has 0 aliphatic carbocycles. The fourth-order valence-corrected chi connectivity index (χ4v) is 3.90. The van der Waals surface area contributed by atoms with Crippen LogP contribution in [0.5, 0.6) is 11.5 Å². The summed E-state index contributed by atoms with van der Waals surface area (Å²) in [6.07, 6.45) is 0.129. The second kappa shape index (κ2) is 8.67. The fourth-order valence-electron chi connectivity index (χ4n) is 3.90. The van der Waals surface area contributed by atoms with Gasteiger partial charge in [-0.05, 0) is 38.1 Å². The average Bonchev–Trinajstić information content (AvgIpc) is 3.24. The van der Waals surface area contributed by atoms with Crippen LogP contribution in [0.25, 0.3) is 0 Å². The summed E-state index contributed by atoms with van der Waals surface area (Å²) in [5.74, 6) is 1.55. The maximum atomic E-state index is 12.8. The fraction of sp³-hybridized carbons (Fsp3) is 0.348. The number of nitrogens with one attached hydrogen (secondary N) is 1. The second-order valence-electron chi connectivity index (χ2n) is 7.26. The Kier molecular flexibility index (Phi) is 5.79. The second-order valence-corrected chi connectivity index (χ2v) is 7.26. The summed E-state index contributed by atoms with van der Waals surface area (Å²) in [5.41, 5.74) is 2.69. The van der Waals surface area contributed by atoms with Crippen molar-refractivity contribution < 1.29 is 19.1 Å². The molecule has 2 aliphatic heterocycles. The van der Waals surface area contributed by atoms with Crippen LogP contribution in [0.2, 0.25) is 0 Å². The van der Waals surface area contributed by atoms with Crippen LogP contribution in [0.4, 0.5) is 11.4 Å². The normalized spacial score (nSPS) is 14.7. The summed E-state index contributed by atoms with van der Waals surface area (Å²) in [4.78, 5) is 33.5. The first-order chi connectivity index (χ1) is 15.0. The van der Waals surface area contributed by atoms with Gasteiger partial charge in [0.15, 0.2) is 11.5 Å². The van der Waals surface area contributed by atoms with Gasteiger partial charge >= 0.3 is 0 Å². The summed E-state index contributed by atoms with van der Waals surface area (Å²) in [6.45, 7) is 6.18. The topological polar surface area (TPSA) is 83.5 Å². The van der Waals surface area contributed by atoms with Gasteiger partial charge in [-0.15, -0.1) is 0 Å². The van der Waals surface area contributed by atoms with Crippen molar-refractivity contribution in [1.82, 2.24) is 4.90 Å². The van der Waals surface area contributed by atoms with Crippen LogP contribution >= 0.6 is 0 Å². The van der Waals surface area contributed by atoms with E-state index in [9.17, 15) is 9.59 Å². The van der Waals surface area contributed by atoms with Crippen molar-refractivity contribution in [2.24, 2.45) is 4.99 Å². The van der Waals surface area contributed by atoms with Gasteiger partial charge in [0.2, 0.25) is 11.9 Å². The van der Waals surface area contributed by atoms with E-state index in [1.54, 1.807) is 18.0 Å². The lowest BCUT2D eigenvalue weighted by molar-refractivity contribution is -0.115. The van der Waals surface area contributed by atoms with E-state index in [1.165, 1.54) is 0 Å². The lowest BCUT2D eigenvalue weighted by atomic mass is 10.1. The van der Waals surface area contributed by atoms with Crippen molar-refractivity contribution in [3.8, 4) is 11.5 Å². The Balaban J connectivity index is 1.54. The van der Waals surface area contributed by atoms with Gasteiger partial charge in [0, 0.05) is 24.8 Å². The molecule has 0 radical (unpaired) electrons. The molecule has 4 rings (SSSR count). The van der Waals surface area contributed by atoms with Gasteiger partial charge in [0.1, 0.15) is 0 Å². The summed E-state index contributed by atoms with van der Waals surface area (Å²) in [6, 6.07) is 10.9. The van der Waals surface area contributed by atoms with Gasteiger partial charge in [-0.25, -0.2) is 0 Å². The standard InChI is InChI=1S/C23H26N4O4/c1-4-30-19-8-6-7-15(21(19)31-5-2)13-20(28)25-16-9-10-18-17(14-16)22(29)26(3)23-24-11-12-27(18)23/h6-10,14H,4-5,11-13H2,1-3H3,(H,25,28). The van der Waals surface area contributed by atoms with Crippen molar-refractivity contribution in [3.05, 3.63) is 47.5 Å². The van der Waals surface area contributed by atoms with E-state index in [4.69, 9.17) is 9.47 Å². The van der Waals surface area contributed by atoms with Gasteiger partial charge in [0.25, 0.3) is 5.91 Å². The number of anilines is 2. The van der Waals surface area contributed by atoms with E-state index in [-0.39, 0.29) is 18.2 Å². The molecular weight excluding hydrogens is 396 g/mol. The van der Waals surface area contributed by atoms with Gasteiger partial charge in [0.05, 0.1) is 37.4 Å². The first kappa shape index (κ1) is 20.7. The van der Waals surface area contributed by atoms with Crippen LogP contribution in [-0.4, -0.2) is 56.0 Å². The summed E-state index contributed by atoms with van der Waals surface area (Å²) >= 11 is 0. The largest absolute Gasteiger partial charge is 0.490 e. The molecule has 0 saturated heterocycles.